The van der Waals surface area contributed by atoms with E-state index in [9.17, 15) is 4.79 Å². The Morgan fingerprint density at radius 3 is 3.00 bits per heavy atom. The third-order valence-corrected chi connectivity index (χ3v) is 3.72. The Morgan fingerprint density at radius 2 is 2.16 bits per heavy atom. The maximum atomic E-state index is 12.5. The second-order valence-electron chi connectivity index (χ2n) is 5.12. The Bertz CT molecular complexity index is 594. The summed E-state index contributed by atoms with van der Waals surface area (Å²) in [5.41, 5.74) is 2.94. The highest BCUT2D eigenvalue weighted by molar-refractivity contribution is 5.98. The predicted molar refractivity (Wildman–Crippen MR) is 76.4 cm³/mol. The third kappa shape index (κ3) is 2.36. The average molecular weight is 257 g/mol. The molecule has 0 radical (unpaired) electrons. The van der Waals surface area contributed by atoms with Gasteiger partial charge in [-0.15, -0.1) is 0 Å². The number of para-hydroxylation sites is 1. The molecule has 0 saturated carbocycles. The van der Waals surface area contributed by atoms with Crippen molar-refractivity contribution in [3.8, 4) is 0 Å². The molecule has 100 valence electrons. The van der Waals surface area contributed by atoms with Crippen LogP contribution in [0, 0.1) is 6.92 Å². The largest absolute Gasteiger partial charge is 0.350 e. The fourth-order valence-electron chi connectivity index (χ4n) is 2.64. The molecule has 1 aromatic heterocycles. The Kier molecular flexibility index (Phi) is 3.25. The van der Waals surface area contributed by atoms with Crippen LogP contribution in [0.4, 0.5) is 0 Å². The van der Waals surface area contributed by atoms with Crippen molar-refractivity contribution < 1.29 is 4.79 Å². The number of amides is 1. The van der Waals surface area contributed by atoms with Crippen LogP contribution in [0.15, 0.2) is 24.3 Å². The van der Waals surface area contributed by atoms with E-state index in [-0.39, 0.29) is 5.91 Å². The summed E-state index contributed by atoms with van der Waals surface area (Å²) >= 11 is 0. The summed E-state index contributed by atoms with van der Waals surface area (Å²) in [6.07, 6.45) is 1.02. The van der Waals surface area contributed by atoms with Crippen molar-refractivity contribution in [2.24, 2.45) is 0 Å². The maximum absolute atomic E-state index is 12.5. The molecule has 4 heteroatoms. The molecule has 0 unspecified atom stereocenters. The number of nitrogens with zero attached hydrogens (tertiary/aromatic N) is 1. The van der Waals surface area contributed by atoms with Crippen molar-refractivity contribution >= 4 is 16.8 Å². The van der Waals surface area contributed by atoms with E-state index in [4.69, 9.17) is 0 Å². The van der Waals surface area contributed by atoms with Crippen LogP contribution < -0.4 is 5.32 Å². The number of rotatable bonds is 1. The molecule has 1 amide bonds. The van der Waals surface area contributed by atoms with E-state index in [1.54, 1.807) is 0 Å². The van der Waals surface area contributed by atoms with Crippen LogP contribution in [0.1, 0.15) is 22.5 Å². The fourth-order valence-corrected chi connectivity index (χ4v) is 2.64. The molecule has 4 nitrogen and oxygen atoms in total. The first-order chi connectivity index (χ1) is 9.25. The number of carbonyl (C=O) groups excluding carboxylic acids is 1. The average Bonchev–Trinajstić information content (AvgIpc) is 2.67. The lowest BCUT2D eigenvalue weighted by Crippen LogP contribution is -2.34. The zero-order valence-electron chi connectivity index (χ0n) is 11.2. The first-order valence-corrected chi connectivity index (χ1v) is 6.84. The fraction of sp³-hybridized carbons (Fsp3) is 0.400. The number of hydrogen-bond acceptors (Lipinski definition) is 2. The summed E-state index contributed by atoms with van der Waals surface area (Å²) in [5, 5.41) is 4.42. The molecule has 1 saturated heterocycles. The minimum absolute atomic E-state index is 0.110. The molecule has 2 aromatic rings. The monoisotopic (exact) mass is 257 g/mol. The van der Waals surface area contributed by atoms with Crippen molar-refractivity contribution in [1.29, 1.82) is 0 Å². The second kappa shape index (κ2) is 5.05. The zero-order valence-corrected chi connectivity index (χ0v) is 11.2. The van der Waals surface area contributed by atoms with Gasteiger partial charge in [-0.2, -0.15) is 0 Å². The molecular weight excluding hydrogens is 238 g/mol. The highest BCUT2D eigenvalue weighted by atomic mass is 16.2. The number of aromatic amines is 1. The lowest BCUT2D eigenvalue weighted by atomic mass is 10.2. The summed E-state index contributed by atoms with van der Waals surface area (Å²) in [6.45, 7) is 5.55. The van der Waals surface area contributed by atoms with Crippen LogP contribution in [0.2, 0.25) is 0 Å². The van der Waals surface area contributed by atoms with Gasteiger partial charge in [0.25, 0.3) is 5.91 Å². The van der Waals surface area contributed by atoms with Crippen LogP contribution in [-0.2, 0) is 0 Å². The Labute approximate surface area is 112 Å². The van der Waals surface area contributed by atoms with Gasteiger partial charge in [0.15, 0.2) is 0 Å². The van der Waals surface area contributed by atoms with Crippen LogP contribution in [0.25, 0.3) is 10.9 Å². The highest BCUT2D eigenvalue weighted by Crippen LogP contribution is 2.19. The van der Waals surface area contributed by atoms with Crippen LogP contribution in [0.5, 0.6) is 0 Å². The van der Waals surface area contributed by atoms with Gasteiger partial charge in [-0.05, 0) is 31.5 Å². The molecule has 1 fully saturated rings. The number of hydrogen-bond donors (Lipinski definition) is 2. The number of aryl methyl sites for hydroxylation is 1. The van der Waals surface area contributed by atoms with Crippen LogP contribution in [-0.4, -0.2) is 42.0 Å². The van der Waals surface area contributed by atoms with E-state index >= 15 is 0 Å². The molecule has 1 aliphatic heterocycles. The third-order valence-electron chi connectivity index (χ3n) is 3.72. The Morgan fingerprint density at radius 1 is 1.26 bits per heavy atom. The highest BCUT2D eigenvalue weighted by Gasteiger charge is 2.19. The molecule has 0 aliphatic carbocycles. The first kappa shape index (κ1) is 12.2. The van der Waals surface area contributed by atoms with E-state index in [0.717, 1.165) is 43.5 Å². The van der Waals surface area contributed by atoms with Gasteiger partial charge in [-0.1, -0.05) is 18.2 Å². The first-order valence-electron chi connectivity index (χ1n) is 6.84. The van der Waals surface area contributed by atoms with Crippen molar-refractivity contribution in [3.05, 3.63) is 35.5 Å². The van der Waals surface area contributed by atoms with E-state index in [2.05, 4.69) is 23.3 Å². The number of benzene rings is 1. The van der Waals surface area contributed by atoms with E-state index in [1.807, 2.05) is 23.1 Å². The number of H-pyrrole nitrogens is 1. The number of nitrogens with one attached hydrogen (secondary N) is 2. The van der Waals surface area contributed by atoms with Crippen LogP contribution >= 0.6 is 0 Å². The van der Waals surface area contributed by atoms with Gasteiger partial charge in [0.2, 0.25) is 0 Å². The van der Waals surface area contributed by atoms with E-state index in [0.29, 0.717) is 5.69 Å². The van der Waals surface area contributed by atoms with Gasteiger partial charge in [-0.25, -0.2) is 0 Å². The van der Waals surface area contributed by atoms with E-state index < -0.39 is 0 Å². The van der Waals surface area contributed by atoms with Crippen molar-refractivity contribution in [2.45, 2.75) is 13.3 Å². The summed E-state index contributed by atoms with van der Waals surface area (Å²) in [6, 6.07) is 8.08. The Balaban J connectivity index is 1.90. The normalized spacial score (nSPS) is 16.6. The summed E-state index contributed by atoms with van der Waals surface area (Å²) < 4.78 is 0. The quantitative estimate of drug-likeness (QED) is 0.820. The predicted octanol–water partition coefficient (Wildman–Crippen LogP) is 1.91. The van der Waals surface area contributed by atoms with Gasteiger partial charge >= 0.3 is 0 Å². The molecule has 19 heavy (non-hydrogen) atoms. The SMILES string of the molecule is Cc1cccc2cc(C(=O)N3CCCNCC3)[nH]c12. The standard InChI is InChI=1S/C15H19N3O/c1-11-4-2-5-12-10-13(17-14(11)12)15(19)18-8-3-6-16-7-9-18/h2,4-5,10,16-17H,3,6-9H2,1H3. The molecule has 1 aliphatic rings. The van der Waals surface area contributed by atoms with Gasteiger partial charge in [-0.3, -0.25) is 4.79 Å². The summed E-state index contributed by atoms with van der Waals surface area (Å²) in [5.74, 6) is 0.110. The zero-order chi connectivity index (χ0) is 13.2. The molecule has 3 rings (SSSR count). The maximum Gasteiger partial charge on any atom is 0.270 e. The van der Waals surface area contributed by atoms with Gasteiger partial charge in [0.1, 0.15) is 5.69 Å². The molecule has 0 atom stereocenters. The minimum atomic E-state index is 0.110. The summed E-state index contributed by atoms with van der Waals surface area (Å²) in [7, 11) is 0. The second-order valence-corrected chi connectivity index (χ2v) is 5.12. The smallest absolute Gasteiger partial charge is 0.270 e. The number of carbonyl (C=O) groups is 1. The molecule has 0 bridgehead atoms. The van der Waals surface area contributed by atoms with Crippen molar-refractivity contribution in [1.82, 2.24) is 15.2 Å². The Hall–Kier alpha value is -1.81. The molecule has 0 spiro atoms. The van der Waals surface area contributed by atoms with E-state index in [1.165, 1.54) is 5.56 Å². The molecule has 2 heterocycles. The lowest BCUT2D eigenvalue weighted by Gasteiger charge is -2.18. The van der Waals surface area contributed by atoms with Gasteiger partial charge in [0, 0.05) is 30.5 Å². The molecule has 1 aromatic carbocycles. The topological polar surface area (TPSA) is 48.1 Å². The lowest BCUT2D eigenvalue weighted by molar-refractivity contribution is 0.0761. The molecular formula is C15H19N3O. The van der Waals surface area contributed by atoms with Gasteiger partial charge in [0.05, 0.1) is 0 Å². The van der Waals surface area contributed by atoms with Crippen molar-refractivity contribution in [3.63, 3.8) is 0 Å². The number of fused-ring (bicyclic) bond motifs is 1. The number of aromatic nitrogens is 1. The van der Waals surface area contributed by atoms with Gasteiger partial charge < -0.3 is 15.2 Å². The summed E-state index contributed by atoms with van der Waals surface area (Å²) in [4.78, 5) is 17.7. The minimum Gasteiger partial charge on any atom is -0.350 e. The van der Waals surface area contributed by atoms with Crippen molar-refractivity contribution in [2.75, 3.05) is 26.2 Å². The molecule has 2 N–H and O–H groups in total. The van der Waals surface area contributed by atoms with Crippen LogP contribution in [0.3, 0.4) is 0 Å².